The third-order valence-corrected chi connectivity index (χ3v) is 4.44. The molecule has 4 nitrogen and oxygen atoms in total. The van der Waals surface area contributed by atoms with E-state index < -0.39 is 17.2 Å². The van der Waals surface area contributed by atoms with Crippen molar-refractivity contribution in [1.82, 2.24) is 14.5 Å². The zero-order chi connectivity index (χ0) is 19.7. The summed E-state index contributed by atoms with van der Waals surface area (Å²) in [6.45, 7) is 0. The third kappa shape index (κ3) is 3.30. The Labute approximate surface area is 163 Å². The number of halogens is 3. The van der Waals surface area contributed by atoms with Crippen LogP contribution < -0.4 is 5.56 Å². The summed E-state index contributed by atoms with van der Waals surface area (Å²) in [5.41, 5.74) is 0.434. The standard InChI is InChI=1S/C21H12ClF2N3O/c22-20-18(6-3-11-25-20)27-19(10-7-13-4-1-2-5-16(13)24)26-17-9-8-14(23)12-15(17)21(27)28/h1-12H. The fourth-order valence-electron chi connectivity index (χ4n) is 2.84. The second-order valence-electron chi connectivity index (χ2n) is 5.94. The van der Waals surface area contributed by atoms with Crippen molar-refractivity contribution in [2.24, 2.45) is 0 Å². The van der Waals surface area contributed by atoms with Crippen LogP contribution in [0.15, 0.2) is 65.6 Å². The molecule has 4 rings (SSSR count). The molecule has 4 aromatic rings. The van der Waals surface area contributed by atoms with Crippen LogP contribution in [0.5, 0.6) is 0 Å². The molecule has 0 aliphatic heterocycles. The molecule has 7 heteroatoms. The van der Waals surface area contributed by atoms with Gasteiger partial charge in [0.25, 0.3) is 5.56 Å². The molecule has 0 saturated carbocycles. The second-order valence-corrected chi connectivity index (χ2v) is 6.30. The summed E-state index contributed by atoms with van der Waals surface area (Å²) < 4.78 is 28.8. The number of aromatic nitrogens is 3. The molecule has 0 N–H and O–H groups in total. The van der Waals surface area contributed by atoms with Crippen molar-refractivity contribution < 1.29 is 8.78 Å². The molecule has 2 heterocycles. The summed E-state index contributed by atoms with van der Waals surface area (Å²) >= 11 is 6.17. The second kappa shape index (κ2) is 7.32. The molecule has 0 fully saturated rings. The highest BCUT2D eigenvalue weighted by Crippen LogP contribution is 2.21. The van der Waals surface area contributed by atoms with Crippen molar-refractivity contribution in [3.8, 4) is 5.69 Å². The zero-order valence-corrected chi connectivity index (χ0v) is 15.1. The Morgan fingerprint density at radius 3 is 2.61 bits per heavy atom. The maximum absolute atomic E-state index is 13.9. The van der Waals surface area contributed by atoms with Gasteiger partial charge in [-0.3, -0.25) is 9.36 Å². The lowest BCUT2D eigenvalue weighted by atomic mass is 10.2. The van der Waals surface area contributed by atoms with Gasteiger partial charge >= 0.3 is 0 Å². The molecule has 0 aliphatic carbocycles. The van der Waals surface area contributed by atoms with E-state index in [1.807, 2.05) is 0 Å². The van der Waals surface area contributed by atoms with Crippen molar-refractivity contribution in [3.05, 3.63) is 99.3 Å². The minimum atomic E-state index is -0.551. The van der Waals surface area contributed by atoms with Crippen LogP contribution in [0, 0.1) is 11.6 Å². The van der Waals surface area contributed by atoms with Crippen molar-refractivity contribution in [2.45, 2.75) is 0 Å². The van der Waals surface area contributed by atoms with E-state index in [4.69, 9.17) is 11.6 Å². The van der Waals surface area contributed by atoms with Gasteiger partial charge in [0.05, 0.1) is 16.6 Å². The molecule has 2 aromatic heterocycles. The first kappa shape index (κ1) is 18.0. The van der Waals surface area contributed by atoms with Crippen molar-refractivity contribution in [3.63, 3.8) is 0 Å². The van der Waals surface area contributed by atoms with E-state index in [0.29, 0.717) is 16.8 Å². The lowest BCUT2D eigenvalue weighted by molar-refractivity contribution is 0.625. The zero-order valence-electron chi connectivity index (χ0n) is 14.3. The number of rotatable bonds is 3. The van der Waals surface area contributed by atoms with E-state index in [1.54, 1.807) is 30.3 Å². The summed E-state index contributed by atoms with van der Waals surface area (Å²) in [6.07, 6.45) is 4.50. The molecule has 0 saturated heterocycles. The lowest BCUT2D eigenvalue weighted by Gasteiger charge is -2.12. The van der Waals surface area contributed by atoms with Gasteiger partial charge in [0.15, 0.2) is 5.15 Å². The van der Waals surface area contributed by atoms with E-state index in [0.717, 1.165) is 6.07 Å². The fraction of sp³-hybridized carbons (Fsp3) is 0. The van der Waals surface area contributed by atoms with Crippen LogP contribution in [0.4, 0.5) is 8.78 Å². The van der Waals surface area contributed by atoms with Crippen LogP contribution >= 0.6 is 11.6 Å². The molecule has 138 valence electrons. The first-order chi connectivity index (χ1) is 13.5. The van der Waals surface area contributed by atoms with Gasteiger partial charge < -0.3 is 0 Å². The smallest absolute Gasteiger partial charge is 0.266 e. The Hall–Kier alpha value is -3.38. The van der Waals surface area contributed by atoms with Crippen molar-refractivity contribution in [2.75, 3.05) is 0 Å². The van der Waals surface area contributed by atoms with E-state index in [9.17, 15) is 13.6 Å². The first-order valence-electron chi connectivity index (χ1n) is 8.30. The Morgan fingerprint density at radius 1 is 1.00 bits per heavy atom. The largest absolute Gasteiger partial charge is 0.268 e. The molecule has 0 unspecified atom stereocenters. The van der Waals surface area contributed by atoms with Crippen LogP contribution in [0.2, 0.25) is 5.15 Å². The highest BCUT2D eigenvalue weighted by Gasteiger charge is 2.14. The van der Waals surface area contributed by atoms with Gasteiger partial charge in [-0.25, -0.2) is 18.7 Å². The summed E-state index contributed by atoms with van der Waals surface area (Å²) in [5, 5.41) is 0.186. The summed E-state index contributed by atoms with van der Waals surface area (Å²) in [5.74, 6) is -0.748. The summed E-state index contributed by atoms with van der Waals surface area (Å²) in [4.78, 5) is 21.5. The Kier molecular flexibility index (Phi) is 4.71. The number of nitrogens with zero attached hydrogens (tertiary/aromatic N) is 3. The molecule has 0 aliphatic rings. The van der Waals surface area contributed by atoms with E-state index in [2.05, 4.69) is 9.97 Å². The minimum absolute atomic E-state index is 0.0858. The highest BCUT2D eigenvalue weighted by molar-refractivity contribution is 6.31. The molecule has 0 bridgehead atoms. The van der Waals surface area contributed by atoms with E-state index in [-0.39, 0.29) is 16.4 Å². The fourth-order valence-corrected chi connectivity index (χ4v) is 3.04. The topological polar surface area (TPSA) is 47.8 Å². The van der Waals surface area contributed by atoms with Gasteiger partial charge in [-0.15, -0.1) is 0 Å². The van der Waals surface area contributed by atoms with E-state index >= 15 is 0 Å². The minimum Gasteiger partial charge on any atom is -0.268 e. The van der Waals surface area contributed by atoms with Gasteiger partial charge in [0, 0.05) is 11.8 Å². The molecule has 0 atom stereocenters. The predicted molar refractivity (Wildman–Crippen MR) is 105 cm³/mol. The maximum Gasteiger partial charge on any atom is 0.266 e. The number of hydrogen-bond acceptors (Lipinski definition) is 3. The molecule has 0 spiro atoms. The normalized spacial score (nSPS) is 11.4. The van der Waals surface area contributed by atoms with Crippen LogP contribution in [0.1, 0.15) is 11.4 Å². The summed E-state index contributed by atoms with van der Waals surface area (Å²) in [6, 6.07) is 13.2. The van der Waals surface area contributed by atoms with Gasteiger partial charge in [0.1, 0.15) is 17.5 Å². The molecule has 0 amide bonds. The average Bonchev–Trinajstić information content (AvgIpc) is 2.69. The Balaban J connectivity index is 2.00. The molecule has 0 radical (unpaired) electrons. The maximum atomic E-state index is 13.9. The van der Waals surface area contributed by atoms with Crippen LogP contribution in [-0.2, 0) is 0 Å². The quantitative estimate of drug-likeness (QED) is 0.464. The van der Waals surface area contributed by atoms with Gasteiger partial charge in [0.2, 0.25) is 0 Å². The number of pyridine rings is 1. The van der Waals surface area contributed by atoms with Gasteiger partial charge in [-0.05, 0) is 48.6 Å². The predicted octanol–water partition coefficient (Wildman–Crippen LogP) is 4.88. The lowest BCUT2D eigenvalue weighted by Crippen LogP contribution is -2.23. The Bertz CT molecular complexity index is 1280. The SMILES string of the molecule is O=c1c2cc(F)ccc2nc(C=Cc2ccccc2F)n1-c1cccnc1Cl. The Morgan fingerprint density at radius 2 is 1.82 bits per heavy atom. The van der Waals surface area contributed by atoms with E-state index in [1.165, 1.54) is 41.1 Å². The number of benzene rings is 2. The van der Waals surface area contributed by atoms with Gasteiger partial charge in [-0.2, -0.15) is 0 Å². The average molecular weight is 396 g/mol. The van der Waals surface area contributed by atoms with Crippen molar-refractivity contribution in [1.29, 1.82) is 0 Å². The molecule has 2 aromatic carbocycles. The molecular weight excluding hydrogens is 384 g/mol. The van der Waals surface area contributed by atoms with Crippen LogP contribution in [-0.4, -0.2) is 14.5 Å². The first-order valence-corrected chi connectivity index (χ1v) is 8.68. The highest BCUT2D eigenvalue weighted by atomic mass is 35.5. The monoisotopic (exact) mass is 395 g/mol. The van der Waals surface area contributed by atoms with Crippen LogP contribution in [0.3, 0.4) is 0 Å². The van der Waals surface area contributed by atoms with Crippen LogP contribution in [0.25, 0.3) is 28.7 Å². The third-order valence-electron chi connectivity index (χ3n) is 4.15. The molecular formula is C21H12ClF2N3O. The van der Waals surface area contributed by atoms with Crippen molar-refractivity contribution >= 4 is 34.7 Å². The van der Waals surface area contributed by atoms with Gasteiger partial charge in [-0.1, -0.05) is 29.8 Å². The summed E-state index contributed by atoms with van der Waals surface area (Å²) in [7, 11) is 0. The molecule has 28 heavy (non-hydrogen) atoms. The number of hydrogen-bond donors (Lipinski definition) is 0. The number of fused-ring (bicyclic) bond motifs is 1.